The molecule has 476 valence electrons. The van der Waals surface area contributed by atoms with Crippen LogP contribution in [0, 0.1) is 0 Å². The average molecular weight is 1240 g/mol. The van der Waals surface area contributed by atoms with Gasteiger partial charge in [0.2, 0.25) is 45.6 Å². The van der Waals surface area contributed by atoms with E-state index in [2.05, 4.69) is 293 Å². The first kappa shape index (κ1) is 61.3. The van der Waals surface area contributed by atoms with Gasteiger partial charge < -0.3 is 0 Å². The Morgan fingerprint density at radius 2 is 0.638 bits per heavy atom. The first-order chi connectivity index (χ1) is 46.1. The summed E-state index contributed by atoms with van der Waals surface area (Å²) in [7, 11) is 0. The summed E-state index contributed by atoms with van der Waals surface area (Å²) in [5, 5.41) is 10.9. The quantitative estimate of drug-likeness (QED) is 0.136. The molecule has 0 fully saturated rings. The molecule has 0 amide bonds. The molecule has 20 rings (SSSR count). The van der Waals surface area contributed by atoms with E-state index in [-0.39, 0.29) is 0 Å². The molecule has 1 unspecified atom stereocenters. The maximum absolute atomic E-state index is 2.82. The monoisotopic (exact) mass is 1240 g/mol. The maximum atomic E-state index is 2.82. The maximum Gasteiger partial charge on any atom is 0.554 e. The van der Waals surface area contributed by atoms with Crippen molar-refractivity contribution >= 4 is 94.8 Å². The summed E-state index contributed by atoms with van der Waals surface area (Å²) in [5.41, 5.74) is 33.5. The van der Waals surface area contributed by atoms with Crippen LogP contribution in [-0.4, -0.2) is 59.4 Å². The van der Waals surface area contributed by atoms with Crippen molar-refractivity contribution in [2.75, 3.05) is 0 Å². The zero-order valence-electron chi connectivity index (χ0n) is 58.9. The van der Waals surface area contributed by atoms with Gasteiger partial charge in [-0.05, 0) is 99.9 Å². The van der Waals surface area contributed by atoms with Gasteiger partial charge in [-0.25, -0.2) is 0 Å². The molecule has 12 aliphatic rings. The van der Waals surface area contributed by atoms with Gasteiger partial charge in [0.25, 0.3) is 0 Å². The van der Waals surface area contributed by atoms with E-state index in [9.17, 15) is 0 Å². The van der Waals surface area contributed by atoms with Crippen LogP contribution in [0.4, 0.5) is 0 Å². The number of aromatic nitrogens is 4. The third-order valence-electron chi connectivity index (χ3n) is 21.1. The smallest absolute Gasteiger partial charge is 0.199 e. The van der Waals surface area contributed by atoms with Gasteiger partial charge in [0, 0.05) is 84.9 Å². The fraction of sp³-hybridized carbons (Fsp3) is 0.349. The van der Waals surface area contributed by atoms with E-state index in [0.29, 0.717) is 0 Å². The van der Waals surface area contributed by atoms with Gasteiger partial charge in [-0.3, -0.25) is 0 Å². The number of hydrogen-bond donors (Lipinski definition) is 0. The molecule has 0 N–H and O–H groups in total. The second kappa shape index (κ2) is 23.0. The van der Waals surface area contributed by atoms with Crippen LogP contribution in [0.2, 0.25) is 0 Å². The molecule has 0 saturated heterocycles. The zero-order valence-corrected chi connectivity index (χ0v) is 58.9. The third kappa shape index (κ3) is 7.19. The first-order valence-electron chi connectivity index (χ1n) is 36.5. The number of benzene rings is 4. The van der Waals surface area contributed by atoms with Crippen molar-refractivity contribution in [2.24, 2.45) is 0 Å². The Morgan fingerprint density at radius 3 is 1.06 bits per heavy atom. The predicted molar refractivity (Wildman–Crippen MR) is 395 cm³/mol. The highest BCUT2D eigenvalue weighted by Crippen LogP contribution is 2.60. The number of rotatable bonds is 8. The topological polar surface area (TPSA) is 31.8 Å². The van der Waals surface area contributed by atoms with Crippen molar-refractivity contribution in [2.45, 2.75) is 200 Å². The molecule has 8 nitrogen and oxygen atoms in total. The van der Waals surface area contributed by atoms with E-state index in [4.69, 9.17) is 0 Å². The number of nitrogens with zero attached hydrogens (tertiary/aromatic N) is 8. The van der Waals surface area contributed by atoms with E-state index in [0.717, 1.165) is 51.4 Å². The molecule has 94 heavy (non-hydrogen) atoms. The van der Waals surface area contributed by atoms with Gasteiger partial charge in [0.15, 0.2) is 0 Å². The van der Waals surface area contributed by atoms with Crippen LogP contribution in [0.1, 0.15) is 233 Å². The lowest BCUT2D eigenvalue weighted by Crippen LogP contribution is -2.71. The van der Waals surface area contributed by atoms with Crippen LogP contribution in [0.25, 0.3) is 72.0 Å². The molecule has 0 radical (unpaired) electrons. The molecule has 8 aromatic rings. The van der Waals surface area contributed by atoms with Crippen molar-refractivity contribution in [1.29, 1.82) is 0 Å². The van der Waals surface area contributed by atoms with Crippen molar-refractivity contribution in [3.8, 4) is 0 Å². The van der Waals surface area contributed by atoms with Crippen LogP contribution >= 0.6 is 0 Å². The highest BCUT2D eigenvalue weighted by atomic mass is 15.6. The van der Waals surface area contributed by atoms with Crippen molar-refractivity contribution in [1.82, 2.24) is 18.3 Å². The van der Waals surface area contributed by atoms with Crippen molar-refractivity contribution in [3.05, 3.63) is 229 Å². The fourth-order valence-electron chi connectivity index (χ4n) is 18.5. The molecule has 2 spiro atoms. The Balaban J connectivity index is 0.000000140. The van der Waals surface area contributed by atoms with E-state index < -0.39 is 11.8 Å². The Hall–Kier alpha value is -8.88. The van der Waals surface area contributed by atoms with Gasteiger partial charge in [-0.1, -0.05) is 228 Å². The SMILES string of the molecule is CCC.CCC.CCC.CCC.CCC1=C2C=CC3=[N+]2C24n5c(ccc5C(CC)=c5ccc(n52)=C3CC)C(CC)=C2C=CC1=[N+]24.CCC1=C2c3ccccc3C3=[N+]2C24n5c1c1ccccc1c5C(CC)=C1c5ccccc5C(=[N+]12)C(CC)=c1c2ccccc2c(n14)=C3CC. The third-order valence-corrected chi connectivity index (χ3v) is 21.1. The van der Waals surface area contributed by atoms with Gasteiger partial charge in [0.1, 0.15) is 0 Å². The lowest BCUT2D eigenvalue weighted by atomic mass is 9.94. The molecule has 0 aliphatic carbocycles. The first-order valence-corrected chi connectivity index (χ1v) is 36.5. The largest absolute Gasteiger partial charge is 0.554 e. The number of fused-ring (bicyclic) bond motifs is 12. The lowest BCUT2D eigenvalue weighted by molar-refractivity contribution is -0.837. The van der Waals surface area contributed by atoms with E-state index >= 15 is 0 Å². The highest BCUT2D eigenvalue weighted by Gasteiger charge is 2.76. The molecule has 12 aliphatic heterocycles. The number of allylic oxidation sites excluding steroid dienone is 8. The van der Waals surface area contributed by atoms with Crippen LogP contribution in [0.3, 0.4) is 0 Å². The van der Waals surface area contributed by atoms with E-state index in [1.54, 1.807) is 0 Å². The summed E-state index contributed by atoms with van der Waals surface area (Å²) in [4.78, 5) is 0. The minimum atomic E-state index is -0.713. The predicted octanol–water partition coefficient (Wildman–Crippen LogP) is 17.5. The second-order valence-electron chi connectivity index (χ2n) is 26.8. The highest BCUT2D eigenvalue weighted by molar-refractivity contribution is 6.33. The summed E-state index contributed by atoms with van der Waals surface area (Å²) >= 11 is 0. The van der Waals surface area contributed by atoms with Crippen LogP contribution < -0.4 is 21.4 Å². The van der Waals surface area contributed by atoms with Crippen LogP contribution in [0.15, 0.2) is 163 Å². The molecule has 8 heteroatoms. The molecule has 16 heterocycles. The van der Waals surface area contributed by atoms with E-state index in [1.165, 1.54) is 204 Å². The molecule has 1 atom stereocenters. The molecule has 0 saturated carbocycles. The van der Waals surface area contributed by atoms with Crippen LogP contribution in [0.5, 0.6) is 0 Å². The second-order valence-corrected chi connectivity index (χ2v) is 26.8. The van der Waals surface area contributed by atoms with Gasteiger partial charge in [-0.15, -0.1) is 0 Å². The van der Waals surface area contributed by atoms with Gasteiger partial charge in [-0.2, -0.15) is 18.3 Å². The average Bonchev–Trinajstić information content (AvgIpc) is 1.43. The lowest BCUT2D eigenvalue weighted by Gasteiger charge is -2.41. The fourth-order valence-corrected chi connectivity index (χ4v) is 18.5. The minimum Gasteiger partial charge on any atom is -0.199 e. The van der Waals surface area contributed by atoms with Gasteiger partial charge >= 0.3 is 11.8 Å². The molecule has 0 bridgehead atoms. The van der Waals surface area contributed by atoms with Crippen LogP contribution in [-0.2, 0) is 11.8 Å². The van der Waals surface area contributed by atoms with E-state index in [1.807, 2.05) is 0 Å². The van der Waals surface area contributed by atoms with Gasteiger partial charge in [0.05, 0.1) is 72.0 Å². The Kier molecular flexibility index (Phi) is 15.0. The van der Waals surface area contributed by atoms with Crippen molar-refractivity contribution < 1.29 is 18.3 Å². The summed E-state index contributed by atoms with van der Waals surface area (Å²) in [5.74, 6) is -1.19. The Bertz CT molecular complexity index is 5110. The zero-order chi connectivity index (χ0) is 65.5. The Morgan fingerprint density at radius 1 is 0.287 bits per heavy atom. The summed E-state index contributed by atoms with van der Waals surface area (Å²) in [6.45, 7) is 35.7. The summed E-state index contributed by atoms with van der Waals surface area (Å²) in [6, 6.07) is 46.6. The number of hydrogen-bond acceptors (Lipinski definition) is 0. The summed E-state index contributed by atoms with van der Waals surface area (Å²) < 4.78 is 22.0. The van der Waals surface area contributed by atoms with Crippen molar-refractivity contribution in [3.63, 3.8) is 0 Å². The minimum absolute atomic E-state index is 0.473. The molecular weight excluding hydrogens is 1150 g/mol. The molecule has 4 aromatic carbocycles. The normalized spacial score (nSPS) is 19.0. The standard InChI is InChI=1S/C45H36N4.C29H28N4.4C3H8/c1-5-25-37-29-17-9-11-19-31(29)39-26(6-2)41-33-21-13-15-23-35(33)43-28(8-4)44-36-24-16-14-22-34(36)42-27(7-3)40-32-20-12-10-18-30(32)38(25)47(40)45(46(37)39,48(41)43)49(42)44;1-5-17-21-9-11-23-18(6-2)25-13-15-27-20(8-4)28-16-14-26-19(7-3)24-12-10-22(17)31(24)29(30(21)23,32(25)27)33(26)28;4*1-3-2/h9-24H,5-8H2,1-4H3;9-16H,5-8H2,1-4H3;4*3H2,1-2H3/q2*+2;;;;. The molecule has 4 aromatic heterocycles. The molecular formula is C86H96N8+4. The summed E-state index contributed by atoms with van der Waals surface area (Å²) in [6.07, 6.45) is 22.4. The Labute approximate surface area is 556 Å².